The van der Waals surface area contributed by atoms with Crippen LogP contribution in [-0.2, 0) is 9.53 Å². The normalized spacial score (nSPS) is 24.0. The largest absolute Gasteiger partial charge is 0.460 e. The van der Waals surface area contributed by atoms with E-state index in [-0.39, 0.29) is 17.1 Å². The van der Waals surface area contributed by atoms with Crippen LogP contribution in [0.5, 0.6) is 0 Å². The Morgan fingerprint density at radius 2 is 1.89 bits per heavy atom. The number of hydrogen-bond donors (Lipinski definition) is 0. The second kappa shape index (κ2) is 8.61. The van der Waals surface area contributed by atoms with Crippen molar-refractivity contribution in [3.05, 3.63) is 45.3 Å². The van der Waals surface area contributed by atoms with E-state index in [9.17, 15) is 4.79 Å². The molecule has 0 radical (unpaired) electrons. The molecule has 0 bridgehead atoms. The zero-order chi connectivity index (χ0) is 19.6. The molecule has 4 heteroatoms. The zero-order valence-corrected chi connectivity index (χ0v) is 18.5. The summed E-state index contributed by atoms with van der Waals surface area (Å²) in [7, 11) is 0. The minimum absolute atomic E-state index is 0.114. The van der Waals surface area contributed by atoms with Gasteiger partial charge in [-0.05, 0) is 74.6 Å². The lowest BCUT2D eigenvalue weighted by atomic mass is 9.80. The van der Waals surface area contributed by atoms with Crippen LogP contribution >= 0.6 is 23.4 Å². The molecule has 1 saturated carbocycles. The summed E-state index contributed by atoms with van der Waals surface area (Å²) >= 11 is 8.25. The van der Waals surface area contributed by atoms with E-state index in [1.165, 1.54) is 48.1 Å². The lowest BCUT2D eigenvalue weighted by Gasteiger charge is -2.29. The molecule has 0 amide bonds. The number of allylic oxidation sites excluding steroid dienone is 2. The fourth-order valence-electron chi connectivity index (χ4n) is 4.32. The topological polar surface area (TPSA) is 26.3 Å². The van der Waals surface area contributed by atoms with Gasteiger partial charge in [0, 0.05) is 16.2 Å². The zero-order valence-electron chi connectivity index (χ0n) is 16.9. The van der Waals surface area contributed by atoms with Gasteiger partial charge in [-0.1, -0.05) is 43.0 Å². The average molecular weight is 407 g/mol. The van der Waals surface area contributed by atoms with Crippen LogP contribution in [0.2, 0.25) is 5.02 Å². The summed E-state index contributed by atoms with van der Waals surface area (Å²) in [6, 6.07) is 6.37. The summed E-state index contributed by atoms with van der Waals surface area (Å²) < 4.78 is 5.59. The van der Waals surface area contributed by atoms with Crippen molar-refractivity contribution < 1.29 is 9.53 Å². The standard InChI is InChI=1S/C23H31ClO2S/c1-15-12-17(13-21(25)26-23(2,3)4)22(27-15)19-11-10-18(24)14-20(19)16-8-6-5-7-9-16/h10-12,14,16-17,22H,5-9,13H2,1-4H3. The van der Waals surface area contributed by atoms with Gasteiger partial charge in [-0.15, -0.1) is 11.8 Å². The van der Waals surface area contributed by atoms with Crippen LogP contribution in [-0.4, -0.2) is 11.6 Å². The fraction of sp³-hybridized carbons (Fsp3) is 0.609. The van der Waals surface area contributed by atoms with Crippen LogP contribution in [0.3, 0.4) is 0 Å². The Bertz CT molecular complexity index is 714. The fourth-order valence-corrected chi connectivity index (χ4v) is 5.85. The maximum Gasteiger partial charge on any atom is 0.306 e. The van der Waals surface area contributed by atoms with Crippen molar-refractivity contribution in [1.29, 1.82) is 0 Å². The third-order valence-corrected chi connectivity index (χ3v) is 6.97. The van der Waals surface area contributed by atoms with Gasteiger partial charge in [0.15, 0.2) is 0 Å². The van der Waals surface area contributed by atoms with Crippen molar-refractivity contribution in [2.24, 2.45) is 5.92 Å². The van der Waals surface area contributed by atoms with E-state index in [1.807, 2.05) is 38.6 Å². The molecule has 2 atom stereocenters. The Hall–Kier alpha value is -0.930. The van der Waals surface area contributed by atoms with E-state index < -0.39 is 5.60 Å². The number of rotatable bonds is 4. The Labute approximate surface area is 173 Å². The van der Waals surface area contributed by atoms with Crippen molar-refractivity contribution in [2.75, 3.05) is 0 Å². The van der Waals surface area contributed by atoms with Crippen LogP contribution in [0.1, 0.15) is 88.5 Å². The number of thioether (sulfide) groups is 1. The van der Waals surface area contributed by atoms with E-state index in [0.29, 0.717) is 12.3 Å². The van der Waals surface area contributed by atoms with Gasteiger partial charge in [0.25, 0.3) is 0 Å². The molecule has 1 fully saturated rings. The molecular formula is C23H31ClO2S. The minimum atomic E-state index is -0.440. The minimum Gasteiger partial charge on any atom is -0.460 e. The maximum atomic E-state index is 12.5. The van der Waals surface area contributed by atoms with Gasteiger partial charge < -0.3 is 4.74 Å². The molecule has 148 valence electrons. The lowest BCUT2D eigenvalue weighted by Crippen LogP contribution is -2.25. The molecule has 1 aliphatic carbocycles. The second-order valence-corrected chi connectivity index (χ2v) is 10.7. The van der Waals surface area contributed by atoms with Crippen LogP contribution in [0.15, 0.2) is 29.2 Å². The maximum absolute atomic E-state index is 12.5. The molecule has 0 aromatic heterocycles. The Morgan fingerprint density at radius 3 is 2.56 bits per heavy atom. The van der Waals surface area contributed by atoms with E-state index in [1.54, 1.807) is 0 Å². The number of ether oxygens (including phenoxy) is 1. The van der Waals surface area contributed by atoms with E-state index >= 15 is 0 Å². The van der Waals surface area contributed by atoms with E-state index in [2.05, 4.69) is 25.1 Å². The summed E-state index contributed by atoms with van der Waals surface area (Å²) in [6.45, 7) is 7.91. The number of carbonyl (C=O) groups is 1. The summed E-state index contributed by atoms with van der Waals surface area (Å²) in [4.78, 5) is 13.7. The van der Waals surface area contributed by atoms with Gasteiger partial charge in [-0.2, -0.15) is 0 Å². The summed E-state index contributed by atoms with van der Waals surface area (Å²) in [5.41, 5.74) is 2.32. The second-order valence-electron chi connectivity index (χ2n) is 8.88. The van der Waals surface area contributed by atoms with Gasteiger partial charge >= 0.3 is 5.97 Å². The number of carbonyl (C=O) groups excluding carboxylic acids is 1. The van der Waals surface area contributed by atoms with E-state index in [4.69, 9.17) is 16.3 Å². The SMILES string of the molecule is CC1=CC(CC(=O)OC(C)(C)C)C(c2ccc(Cl)cc2C2CCCCC2)S1. The molecule has 0 saturated heterocycles. The molecule has 0 spiro atoms. The molecule has 2 unspecified atom stereocenters. The van der Waals surface area contributed by atoms with Crippen molar-refractivity contribution in [3.8, 4) is 0 Å². The highest BCUT2D eigenvalue weighted by molar-refractivity contribution is 8.03. The molecule has 0 N–H and O–H groups in total. The van der Waals surface area contributed by atoms with Gasteiger partial charge in [0.2, 0.25) is 0 Å². The molecular weight excluding hydrogens is 376 g/mol. The molecule has 1 aromatic rings. The third kappa shape index (κ3) is 5.54. The highest BCUT2D eigenvalue weighted by Gasteiger charge is 2.34. The molecule has 27 heavy (non-hydrogen) atoms. The third-order valence-electron chi connectivity index (χ3n) is 5.37. The first kappa shape index (κ1) is 20.8. The number of esters is 1. The van der Waals surface area contributed by atoms with Crippen LogP contribution in [0.4, 0.5) is 0 Å². The van der Waals surface area contributed by atoms with Crippen molar-refractivity contribution in [3.63, 3.8) is 0 Å². The Balaban J connectivity index is 1.84. The first-order chi connectivity index (χ1) is 12.7. The average Bonchev–Trinajstić information content (AvgIpc) is 2.94. The predicted octanol–water partition coefficient (Wildman–Crippen LogP) is 7.43. The summed E-state index contributed by atoms with van der Waals surface area (Å²) in [5, 5.41) is 1.09. The Morgan fingerprint density at radius 1 is 1.19 bits per heavy atom. The highest BCUT2D eigenvalue weighted by atomic mass is 35.5. The molecule has 1 aliphatic heterocycles. The molecule has 2 aliphatic rings. The van der Waals surface area contributed by atoms with E-state index in [0.717, 1.165) is 5.02 Å². The molecule has 1 aromatic carbocycles. The van der Waals surface area contributed by atoms with Crippen molar-refractivity contribution in [1.82, 2.24) is 0 Å². The van der Waals surface area contributed by atoms with Gasteiger partial charge in [0.05, 0.1) is 6.42 Å². The van der Waals surface area contributed by atoms with Crippen molar-refractivity contribution in [2.45, 2.75) is 83.0 Å². The first-order valence-corrected chi connectivity index (χ1v) is 11.3. The lowest BCUT2D eigenvalue weighted by molar-refractivity contribution is -0.155. The Kier molecular flexibility index (Phi) is 6.63. The predicted molar refractivity (Wildman–Crippen MR) is 115 cm³/mol. The molecule has 2 nitrogen and oxygen atoms in total. The summed E-state index contributed by atoms with van der Waals surface area (Å²) in [6.07, 6.45) is 9.10. The van der Waals surface area contributed by atoms with Gasteiger partial charge in [-0.25, -0.2) is 0 Å². The number of benzene rings is 1. The monoisotopic (exact) mass is 406 g/mol. The van der Waals surface area contributed by atoms with Gasteiger partial charge in [0.1, 0.15) is 5.60 Å². The molecule has 1 heterocycles. The number of halogens is 1. The first-order valence-electron chi connectivity index (χ1n) is 10.1. The van der Waals surface area contributed by atoms with Gasteiger partial charge in [-0.3, -0.25) is 4.79 Å². The van der Waals surface area contributed by atoms with Crippen molar-refractivity contribution >= 4 is 29.3 Å². The van der Waals surface area contributed by atoms with Crippen LogP contribution in [0, 0.1) is 5.92 Å². The highest BCUT2D eigenvalue weighted by Crippen LogP contribution is 2.51. The number of hydrogen-bond acceptors (Lipinski definition) is 3. The molecule has 3 rings (SSSR count). The van der Waals surface area contributed by atoms with Crippen LogP contribution in [0.25, 0.3) is 0 Å². The van der Waals surface area contributed by atoms with Crippen LogP contribution < -0.4 is 0 Å². The quantitative estimate of drug-likeness (QED) is 0.486. The summed E-state index contributed by atoms with van der Waals surface area (Å²) in [5.74, 6) is 0.654. The smallest absolute Gasteiger partial charge is 0.306 e.